The predicted octanol–water partition coefficient (Wildman–Crippen LogP) is 4.05. The summed E-state index contributed by atoms with van der Waals surface area (Å²) in [6, 6.07) is 7.18. The van der Waals surface area contributed by atoms with Crippen LogP contribution in [0.4, 0.5) is 0 Å². The Labute approximate surface area is 144 Å². The van der Waals surface area contributed by atoms with E-state index in [4.69, 9.17) is 5.11 Å². The first-order valence-corrected chi connectivity index (χ1v) is 9.05. The van der Waals surface area contributed by atoms with Gasteiger partial charge in [0, 0.05) is 6.42 Å². The van der Waals surface area contributed by atoms with Crippen LogP contribution in [-0.2, 0) is 19.5 Å². The molecule has 4 heteroatoms. The van der Waals surface area contributed by atoms with Crippen molar-refractivity contribution in [2.24, 2.45) is 0 Å². The fourth-order valence-corrected chi connectivity index (χ4v) is 3.05. The molecule has 0 amide bonds. The maximum atomic E-state index is 11.0. The molecule has 0 aliphatic carbocycles. The number of carboxylic acid groups (broad SMARTS) is 1. The molecule has 0 saturated heterocycles. The van der Waals surface area contributed by atoms with Gasteiger partial charge in [-0.05, 0) is 31.0 Å². The smallest absolute Gasteiger partial charge is 0.335 e. The van der Waals surface area contributed by atoms with E-state index in [1.54, 1.807) is 12.1 Å². The standard InChI is InChI=1S/C20H28N2O2/c1-3-5-6-7-8-9-19-21(4-2)14-15-22(19)16-17-10-12-18(13-11-17)20(23)24/h10-15H,3-9,16H2,1-2H3/p+1. The predicted molar refractivity (Wildman–Crippen MR) is 95.3 cm³/mol. The van der Waals surface area contributed by atoms with Crippen molar-refractivity contribution >= 4 is 5.97 Å². The van der Waals surface area contributed by atoms with E-state index in [0.29, 0.717) is 5.56 Å². The molecule has 0 aliphatic rings. The third kappa shape index (κ3) is 4.95. The quantitative estimate of drug-likeness (QED) is 0.528. The normalized spacial score (nSPS) is 10.9. The van der Waals surface area contributed by atoms with Gasteiger partial charge in [0.2, 0.25) is 0 Å². The minimum Gasteiger partial charge on any atom is -0.478 e. The van der Waals surface area contributed by atoms with Gasteiger partial charge in [0.15, 0.2) is 0 Å². The van der Waals surface area contributed by atoms with Gasteiger partial charge in [0.05, 0.1) is 12.1 Å². The first kappa shape index (κ1) is 18.2. The van der Waals surface area contributed by atoms with Crippen LogP contribution in [0.3, 0.4) is 0 Å². The molecule has 0 aliphatic heterocycles. The Morgan fingerprint density at radius 2 is 1.79 bits per heavy atom. The van der Waals surface area contributed by atoms with Crippen molar-refractivity contribution in [3.05, 3.63) is 53.6 Å². The molecule has 130 valence electrons. The van der Waals surface area contributed by atoms with Gasteiger partial charge in [0.25, 0.3) is 5.82 Å². The van der Waals surface area contributed by atoms with Crippen LogP contribution in [0.25, 0.3) is 0 Å². The second-order valence-corrected chi connectivity index (χ2v) is 6.29. The van der Waals surface area contributed by atoms with E-state index in [-0.39, 0.29) is 0 Å². The Morgan fingerprint density at radius 3 is 2.42 bits per heavy atom. The average molecular weight is 329 g/mol. The van der Waals surface area contributed by atoms with E-state index >= 15 is 0 Å². The van der Waals surface area contributed by atoms with Gasteiger partial charge in [-0.1, -0.05) is 44.7 Å². The van der Waals surface area contributed by atoms with Crippen LogP contribution in [0.5, 0.6) is 0 Å². The lowest BCUT2D eigenvalue weighted by Crippen LogP contribution is -2.37. The Hall–Kier alpha value is -2.10. The summed E-state index contributed by atoms with van der Waals surface area (Å²) in [4.78, 5) is 11.0. The minimum absolute atomic E-state index is 0.339. The highest BCUT2D eigenvalue weighted by molar-refractivity contribution is 5.87. The molecule has 1 aromatic heterocycles. The van der Waals surface area contributed by atoms with Crippen molar-refractivity contribution in [2.45, 2.75) is 65.5 Å². The van der Waals surface area contributed by atoms with Crippen molar-refractivity contribution in [3.63, 3.8) is 0 Å². The first-order chi connectivity index (χ1) is 11.7. The molecule has 4 nitrogen and oxygen atoms in total. The van der Waals surface area contributed by atoms with Gasteiger partial charge in [-0.25, -0.2) is 13.9 Å². The van der Waals surface area contributed by atoms with Gasteiger partial charge in [-0.2, -0.15) is 0 Å². The van der Waals surface area contributed by atoms with Crippen molar-refractivity contribution in [3.8, 4) is 0 Å². The highest BCUT2D eigenvalue weighted by Gasteiger charge is 2.16. The Kier molecular flexibility index (Phi) is 7.04. The van der Waals surface area contributed by atoms with Gasteiger partial charge >= 0.3 is 5.97 Å². The Morgan fingerprint density at radius 1 is 1.08 bits per heavy atom. The monoisotopic (exact) mass is 329 g/mol. The second-order valence-electron chi connectivity index (χ2n) is 6.29. The van der Waals surface area contributed by atoms with Gasteiger partial charge in [-0.15, -0.1) is 0 Å². The largest absolute Gasteiger partial charge is 0.478 e. The molecule has 0 bridgehead atoms. The zero-order valence-corrected chi connectivity index (χ0v) is 14.9. The number of hydrogen-bond acceptors (Lipinski definition) is 1. The number of hydrogen-bond donors (Lipinski definition) is 1. The molecule has 1 N–H and O–H groups in total. The molecule has 0 spiro atoms. The summed E-state index contributed by atoms with van der Waals surface area (Å²) in [5.74, 6) is 0.482. The fourth-order valence-electron chi connectivity index (χ4n) is 3.05. The maximum absolute atomic E-state index is 11.0. The lowest BCUT2D eigenvalue weighted by atomic mass is 10.1. The number of nitrogens with zero attached hydrogens (tertiary/aromatic N) is 2. The molecule has 0 radical (unpaired) electrons. The van der Waals surface area contributed by atoms with Gasteiger partial charge in [0.1, 0.15) is 18.9 Å². The summed E-state index contributed by atoms with van der Waals surface area (Å²) < 4.78 is 4.60. The number of rotatable bonds is 10. The number of aromatic nitrogens is 2. The number of unbranched alkanes of at least 4 members (excludes halogenated alkanes) is 4. The van der Waals surface area contributed by atoms with E-state index in [1.165, 1.54) is 37.9 Å². The molecule has 2 rings (SSSR count). The van der Waals surface area contributed by atoms with Crippen LogP contribution < -0.4 is 4.57 Å². The van der Waals surface area contributed by atoms with E-state index < -0.39 is 5.97 Å². The van der Waals surface area contributed by atoms with Gasteiger partial charge < -0.3 is 5.11 Å². The number of aromatic carboxylic acids is 1. The number of imidazole rings is 1. The SMILES string of the molecule is CCCCCCCc1n(CC)cc[n+]1Cc1ccc(C(=O)O)cc1. The second kappa shape index (κ2) is 9.26. The van der Waals surface area contributed by atoms with Crippen molar-refractivity contribution < 1.29 is 14.5 Å². The lowest BCUT2D eigenvalue weighted by molar-refractivity contribution is -0.695. The zero-order valence-electron chi connectivity index (χ0n) is 14.9. The van der Waals surface area contributed by atoms with Crippen molar-refractivity contribution in [2.75, 3.05) is 0 Å². The van der Waals surface area contributed by atoms with Crippen LogP contribution >= 0.6 is 0 Å². The molecule has 24 heavy (non-hydrogen) atoms. The van der Waals surface area contributed by atoms with E-state index in [1.807, 2.05) is 12.1 Å². The number of carbonyl (C=O) groups is 1. The minimum atomic E-state index is -0.876. The zero-order chi connectivity index (χ0) is 17.4. The van der Waals surface area contributed by atoms with E-state index in [0.717, 1.165) is 25.1 Å². The van der Waals surface area contributed by atoms with E-state index in [2.05, 4.69) is 35.4 Å². The van der Waals surface area contributed by atoms with Crippen molar-refractivity contribution in [1.82, 2.24) is 4.57 Å². The molecule has 2 aromatic rings. The molecule has 0 unspecified atom stereocenters. The number of aryl methyl sites for hydroxylation is 1. The maximum Gasteiger partial charge on any atom is 0.335 e. The first-order valence-electron chi connectivity index (χ1n) is 9.05. The number of carboxylic acids is 1. The van der Waals surface area contributed by atoms with Crippen LogP contribution in [0, 0.1) is 0 Å². The summed E-state index contributed by atoms with van der Waals surface area (Å²) >= 11 is 0. The topological polar surface area (TPSA) is 46.1 Å². The summed E-state index contributed by atoms with van der Waals surface area (Å²) in [5, 5.41) is 8.99. The average Bonchev–Trinajstić information content (AvgIpc) is 2.97. The lowest BCUT2D eigenvalue weighted by Gasteiger charge is -2.05. The van der Waals surface area contributed by atoms with Crippen LogP contribution in [0.15, 0.2) is 36.7 Å². The van der Waals surface area contributed by atoms with Crippen LogP contribution in [0.1, 0.15) is 67.7 Å². The summed E-state index contributed by atoms with van der Waals surface area (Å²) in [6.07, 6.45) is 11.8. The highest BCUT2D eigenvalue weighted by atomic mass is 16.4. The summed E-state index contributed by atoms with van der Waals surface area (Å²) in [5.41, 5.74) is 1.47. The third-order valence-electron chi connectivity index (χ3n) is 4.49. The fraction of sp³-hybridized carbons (Fsp3) is 0.500. The summed E-state index contributed by atoms with van der Waals surface area (Å²) in [7, 11) is 0. The molecular formula is C20H29N2O2+. The molecule has 1 aromatic carbocycles. The number of benzene rings is 1. The summed E-state index contributed by atoms with van der Waals surface area (Å²) in [6.45, 7) is 6.19. The highest BCUT2D eigenvalue weighted by Crippen LogP contribution is 2.09. The van der Waals surface area contributed by atoms with Crippen LogP contribution in [-0.4, -0.2) is 15.6 Å². The van der Waals surface area contributed by atoms with Crippen LogP contribution in [0.2, 0.25) is 0 Å². The Balaban J connectivity index is 2.03. The molecule has 0 atom stereocenters. The molecule has 1 heterocycles. The molecule has 0 saturated carbocycles. The van der Waals surface area contributed by atoms with Crippen molar-refractivity contribution in [1.29, 1.82) is 0 Å². The van der Waals surface area contributed by atoms with Gasteiger partial charge in [-0.3, -0.25) is 0 Å². The third-order valence-corrected chi connectivity index (χ3v) is 4.49. The molecule has 0 fully saturated rings. The Bertz CT molecular complexity index is 644. The molecular weight excluding hydrogens is 300 g/mol. The van der Waals surface area contributed by atoms with E-state index in [9.17, 15) is 4.79 Å².